The highest BCUT2D eigenvalue weighted by Gasteiger charge is 2.27. The maximum absolute atomic E-state index is 13.1. The number of nitrogens with two attached hydrogens (primary N) is 1. The van der Waals surface area contributed by atoms with Crippen molar-refractivity contribution in [2.45, 2.75) is 18.9 Å². The van der Waals surface area contributed by atoms with Crippen molar-refractivity contribution in [2.75, 3.05) is 12.3 Å². The highest BCUT2D eigenvalue weighted by molar-refractivity contribution is 9.10. The van der Waals surface area contributed by atoms with E-state index in [0.29, 0.717) is 35.3 Å². The molecular formula is C12H14BrFN2O2. The zero-order valence-electron chi connectivity index (χ0n) is 9.62. The molecule has 1 aromatic rings. The number of nitrogen functional groups attached to an aromatic ring is 1. The summed E-state index contributed by atoms with van der Waals surface area (Å²) >= 11 is 3.13. The molecule has 1 amide bonds. The van der Waals surface area contributed by atoms with Gasteiger partial charge in [0.2, 0.25) is 0 Å². The summed E-state index contributed by atoms with van der Waals surface area (Å²) in [6.07, 6.45) is 1.19. The van der Waals surface area contributed by atoms with Gasteiger partial charge < -0.3 is 16.2 Å². The minimum Gasteiger partial charge on any atom is -0.396 e. The number of carbonyl (C=O) groups excluding carboxylic acids is 1. The second-order valence-corrected chi connectivity index (χ2v) is 5.41. The molecule has 0 aromatic heterocycles. The fourth-order valence-corrected chi connectivity index (χ4v) is 2.43. The first-order valence-corrected chi connectivity index (χ1v) is 6.47. The number of halogens is 2. The molecule has 1 saturated carbocycles. The van der Waals surface area contributed by atoms with Gasteiger partial charge in [-0.15, -0.1) is 0 Å². The van der Waals surface area contributed by atoms with Crippen LogP contribution in [0.2, 0.25) is 0 Å². The third-order valence-corrected chi connectivity index (χ3v) is 3.75. The number of anilines is 1. The molecular weight excluding hydrogens is 303 g/mol. The van der Waals surface area contributed by atoms with E-state index >= 15 is 0 Å². The maximum Gasteiger partial charge on any atom is 0.252 e. The molecule has 4 N–H and O–H groups in total. The molecule has 0 radical (unpaired) electrons. The summed E-state index contributed by atoms with van der Waals surface area (Å²) in [5.74, 6) is -0.531. The molecule has 0 heterocycles. The van der Waals surface area contributed by atoms with Gasteiger partial charge in [0.05, 0.1) is 17.4 Å². The zero-order valence-corrected chi connectivity index (χ0v) is 11.2. The van der Waals surface area contributed by atoms with E-state index in [9.17, 15) is 9.18 Å². The fourth-order valence-electron chi connectivity index (χ4n) is 1.94. The summed E-state index contributed by atoms with van der Waals surface area (Å²) in [6, 6.07) is 2.49. The second-order valence-electron chi connectivity index (χ2n) is 4.55. The number of carbonyl (C=O) groups is 1. The average molecular weight is 317 g/mol. The predicted molar refractivity (Wildman–Crippen MR) is 69.6 cm³/mol. The first kappa shape index (κ1) is 13.3. The van der Waals surface area contributed by atoms with E-state index in [1.807, 2.05) is 0 Å². The van der Waals surface area contributed by atoms with Crippen LogP contribution in [-0.2, 0) is 0 Å². The van der Waals surface area contributed by atoms with Gasteiger partial charge in [0.25, 0.3) is 5.91 Å². The average Bonchev–Trinajstić information content (AvgIpc) is 2.27. The Labute approximate surface area is 112 Å². The van der Waals surface area contributed by atoms with Crippen molar-refractivity contribution < 1.29 is 14.3 Å². The third-order valence-electron chi connectivity index (χ3n) is 3.09. The van der Waals surface area contributed by atoms with Gasteiger partial charge in [0, 0.05) is 11.0 Å². The van der Waals surface area contributed by atoms with Gasteiger partial charge >= 0.3 is 0 Å². The van der Waals surface area contributed by atoms with Crippen molar-refractivity contribution in [3.8, 4) is 0 Å². The van der Waals surface area contributed by atoms with Crippen LogP contribution in [0.25, 0.3) is 0 Å². The smallest absolute Gasteiger partial charge is 0.252 e. The number of hydrogen-bond acceptors (Lipinski definition) is 3. The highest BCUT2D eigenvalue weighted by atomic mass is 79.9. The van der Waals surface area contributed by atoms with Crippen molar-refractivity contribution in [3.05, 3.63) is 28.0 Å². The molecule has 0 atom stereocenters. The Morgan fingerprint density at radius 2 is 2.22 bits per heavy atom. The van der Waals surface area contributed by atoms with E-state index in [1.54, 1.807) is 0 Å². The minimum atomic E-state index is -0.555. The normalized spacial score (nSPS) is 22.4. The van der Waals surface area contributed by atoms with Crippen LogP contribution in [0.15, 0.2) is 16.6 Å². The molecule has 1 aliphatic rings. The molecule has 1 aliphatic carbocycles. The number of nitrogens with one attached hydrogen (secondary N) is 1. The van der Waals surface area contributed by atoms with Crippen molar-refractivity contribution in [3.63, 3.8) is 0 Å². The van der Waals surface area contributed by atoms with Gasteiger partial charge in [-0.25, -0.2) is 4.39 Å². The van der Waals surface area contributed by atoms with E-state index in [1.165, 1.54) is 12.1 Å². The minimum absolute atomic E-state index is 0.0533. The quantitative estimate of drug-likeness (QED) is 0.742. The zero-order chi connectivity index (χ0) is 13.3. The SMILES string of the molecule is Nc1cc(C(=O)NCC2CC(O)C2)c(Br)cc1F. The molecule has 98 valence electrons. The van der Waals surface area contributed by atoms with Crippen LogP contribution in [0, 0.1) is 11.7 Å². The van der Waals surface area contributed by atoms with Crippen molar-refractivity contribution >= 4 is 27.5 Å². The summed E-state index contributed by atoms with van der Waals surface area (Å²) < 4.78 is 13.5. The number of amides is 1. The molecule has 0 unspecified atom stereocenters. The van der Waals surface area contributed by atoms with E-state index in [-0.39, 0.29) is 17.7 Å². The summed E-state index contributed by atoms with van der Waals surface area (Å²) in [5, 5.41) is 11.9. The van der Waals surface area contributed by atoms with Crippen LogP contribution < -0.4 is 11.1 Å². The lowest BCUT2D eigenvalue weighted by atomic mass is 9.82. The van der Waals surface area contributed by atoms with Crippen LogP contribution in [0.3, 0.4) is 0 Å². The lowest BCUT2D eigenvalue weighted by Gasteiger charge is -2.31. The Balaban J connectivity index is 1.98. The van der Waals surface area contributed by atoms with Gasteiger partial charge in [-0.3, -0.25) is 4.79 Å². The molecule has 0 saturated heterocycles. The van der Waals surface area contributed by atoms with Crippen LogP contribution in [-0.4, -0.2) is 23.7 Å². The van der Waals surface area contributed by atoms with Gasteiger partial charge in [0.15, 0.2) is 0 Å². The van der Waals surface area contributed by atoms with Crippen LogP contribution in [0.4, 0.5) is 10.1 Å². The Hall–Kier alpha value is -1.14. The Morgan fingerprint density at radius 3 is 2.83 bits per heavy atom. The first-order valence-electron chi connectivity index (χ1n) is 5.68. The Bertz CT molecular complexity index is 475. The predicted octanol–water partition coefficient (Wildman–Crippen LogP) is 1.67. The van der Waals surface area contributed by atoms with Crippen molar-refractivity contribution in [1.82, 2.24) is 5.32 Å². The van der Waals surface area contributed by atoms with Crippen LogP contribution >= 0.6 is 15.9 Å². The topological polar surface area (TPSA) is 75.4 Å². The molecule has 0 bridgehead atoms. The fraction of sp³-hybridized carbons (Fsp3) is 0.417. The number of aliphatic hydroxyl groups excluding tert-OH is 1. The lowest BCUT2D eigenvalue weighted by Crippen LogP contribution is -2.38. The van der Waals surface area contributed by atoms with Crippen molar-refractivity contribution in [1.29, 1.82) is 0 Å². The molecule has 6 heteroatoms. The Morgan fingerprint density at radius 1 is 1.56 bits per heavy atom. The molecule has 1 aromatic carbocycles. The summed E-state index contributed by atoms with van der Waals surface area (Å²) in [5.41, 5.74) is 5.69. The van der Waals surface area contributed by atoms with Gasteiger partial charge in [-0.2, -0.15) is 0 Å². The van der Waals surface area contributed by atoms with Gasteiger partial charge in [0.1, 0.15) is 5.82 Å². The first-order chi connectivity index (χ1) is 8.47. The van der Waals surface area contributed by atoms with E-state index in [0.717, 1.165) is 0 Å². The van der Waals surface area contributed by atoms with E-state index < -0.39 is 5.82 Å². The number of aliphatic hydroxyl groups is 1. The maximum atomic E-state index is 13.1. The molecule has 4 nitrogen and oxygen atoms in total. The third kappa shape index (κ3) is 2.81. The number of rotatable bonds is 3. The molecule has 0 aliphatic heterocycles. The molecule has 0 spiro atoms. The molecule has 2 rings (SSSR count). The second kappa shape index (κ2) is 5.24. The molecule has 1 fully saturated rings. The molecule has 18 heavy (non-hydrogen) atoms. The standard InChI is InChI=1S/C12H14BrFN2O2/c13-9-4-10(14)11(15)3-8(9)12(18)16-5-6-1-7(17)2-6/h3-4,6-7,17H,1-2,5,15H2,(H,16,18). The largest absolute Gasteiger partial charge is 0.396 e. The van der Waals surface area contributed by atoms with Gasteiger partial charge in [-0.1, -0.05) is 0 Å². The number of benzene rings is 1. The van der Waals surface area contributed by atoms with Crippen LogP contribution in [0.1, 0.15) is 23.2 Å². The summed E-state index contributed by atoms with van der Waals surface area (Å²) in [7, 11) is 0. The summed E-state index contributed by atoms with van der Waals surface area (Å²) in [4.78, 5) is 11.9. The monoisotopic (exact) mass is 316 g/mol. The van der Waals surface area contributed by atoms with E-state index in [2.05, 4.69) is 21.2 Å². The van der Waals surface area contributed by atoms with Crippen molar-refractivity contribution in [2.24, 2.45) is 5.92 Å². The van der Waals surface area contributed by atoms with Gasteiger partial charge in [-0.05, 0) is 46.8 Å². The number of hydrogen-bond donors (Lipinski definition) is 3. The Kier molecular flexibility index (Phi) is 3.87. The highest BCUT2D eigenvalue weighted by Crippen LogP contribution is 2.27. The van der Waals surface area contributed by atoms with Crippen LogP contribution in [0.5, 0.6) is 0 Å². The summed E-state index contributed by atoms with van der Waals surface area (Å²) in [6.45, 7) is 0.514. The lowest BCUT2D eigenvalue weighted by molar-refractivity contribution is 0.0420. The van der Waals surface area contributed by atoms with E-state index in [4.69, 9.17) is 10.8 Å².